The number of carbonyl (C=O) groups is 5. The number of ether oxygens (including phenoxy) is 3. The molecular weight excluding hydrogens is 885 g/mol. The van der Waals surface area contributed by atoms with E-state index in [9.17, 15) is 24.0 Å². The van der Waals surface area contributed by atoms with Crippen LogP contribution in [0.3, 0.4) is 0 Å². The Bertz CT molecular complexity index is 2240. The van der Waals surface area contributed by atoms with Gasteiger partial charge in [0.15, 0.2) is 0 Å². The molecule has 354 valence electrons. The van der Waals surface area contributed by atoms with E-state index in [0.717, 1.165) is 65.1 Å². The molecule has 20 heteroatoms. The molecule has 3 heterocycles. The van der Waals surface area contributed by atoms with Crippen molar-refractivity contribution in [2.75, 3.05) is 68.9 Å². The summed E-state index contributed by atoms with van der Waals surface area (Å²) >= 11 is 2.95. The molecule has 1 aromatic heterocycles. The van der Waals surface area contributed by atoms with Crippen molar-refractivity contribution in [2.24, 2.45) is 16.5 Å². The molecule has 0 unspecified atom stereocenters. The highest BCUT2D eigenvalue weighted by Crippen LogP contribution is 2.31. The first-order valence-corrected chi connectivity index (χ1v) is 24.2. The lowest BCUT2D eigenvalue weighted by molar-refractivity contribution is -0.128. The molecule has 0 radical (unpaired) electrons. The van der Waals surface area contributed by atoms with Crippen LogP contribution in [0.5, 0.6) is 0 Å². The Morgan fingerprint density at radius 3 is 2.14 bits per heavy atom. The third-order valence-electron chi connectivity index (χ3n) is 10.8. The van der Waals surface area contributed by atoms with Gasteiger partial charge < -0.3 is 46.9 Å². The number of thioether (sulfide) groups is 1. The average molecular weight is 945 g/mol. The highest BCUT2D eigenvalue weighted by molar-refractivity contribution is 8.15. The molecule has 3 atom stereocenters. The summed E-state index contributed by atoms with van der Waals surface area (Å²) < 4.78 is 17.1. The molecule has 5 amide bonds. The lowest BCUT2D eigenvalue weighted by atomic mass is 10.1. The molecule has 0 spiro atoms. The monoisotopic (exact) mass is 944 g/mol. The number of nitrogens with one attached hydrogen (secondary N) is 5. The van der Waals surface area contributed by atoms with E-state index in [1.807, 2.05) is 42.5 Å². The smallest absolute Gasteiger partial charge is 0.411 e. The molecule has 4 aromatic rings. The van der Waals surface area contributed by atoms with Gasteiger partial charge in [0, 0.05) is 36.8 Å². The van der Waals surface area contributed by atoms with Gasteiger partial charge in [0.1, 0.15) is 41.4 Å². The molecular formula is C46H60N10O8S2. The summed E-state index contributed by atoms with van der Waals surface area (Å²) in [5, 5.41) is 15.6. The van der Waals surface area contributed by atoms with E-state index >= 15 is 0 Å². The van der Waals surface area contributed by atoms with Crippen LogP contribution < -0.4 is 38.1 Å². The van der Waals surface area contributed by atoms with Crippen LogP contribution in [-0.2, 0) is 41.8 Å². The van der Waals surface area contributed by atoms with Gasteiger partial charge in [0.25, 0.3) is 0 Å². The molecule has 0 saturated carbocycles. The van der Waals surface area contributed by atoms with Crippen LogP contribution in [0.2, 0.25) is 0 Å². The van der Waals surface area contributed by atoms with Crippen LogP contribution in [0.1, 0.15) is 61.1 Å². The second-order valence-corrected chi connectivity index (χ2v) is 17.9. The van der Waals surface area contributed by atoms with E-state index in [2.05, 4.69) is 36.5 Å². The standard InChI is InChI=1S/C46H60N10O8S2/c47-19-6-4-11-36(52-42(59)37(12-5-7-20-48)55-46(61)64-28-31-9-2-1-3-10-31)41(58)50-33-15-13-32(14-16-33)29-63-45(60)51-34-17-18-35-39(27-34)66-44(53-35)43-54-38(30-65-43)40(57)49-21-8-22-56-23-25-62-26-24-56/h1-3,9-10,13-18,27,36-38H,4-8,11-12,19-26,28-30,47-48H2,(H,49,57)(H,50,58)(H,51,60)(H,52,59)(H,55,61)/t36-,37-,38-/m0/s1. The van der Waals surface area contributed by atoms with Gasteiger partial charge in [-0.3, -0.25) is 29.6 Å². The number of fused-ring (bicyclic) bond motifs is 1. The zero-order chi connectivity index (χ0) is 46.5. The molecule has 3 aromatic carbocycles. The first-order valence-electron chi connectivity index (χ1n) is 22.4. The molecule has 2 aliphatic rings. The topological polar surface area (TPSA) is 254 Å². The first kappa shape index (κ1) is 49.8. The number of aromatic nitrogens is 1. The van der Waals surface area contributed by atoms with E-state index in [4.69, 9.17) is 30.7 Å². The highest BCUT2D eigenvalue weighted by Gasteiger charge is 2.29. The van der Waals surface area contributed by atoms with Crippen LogP contribution in [0.25, 0.3) is 10.2 Å². The predicted molar refractivity (Wildman–Crippen MR) is 257 cm³/mol. The number of morpholine rings is 1. The minimum Gasteiger partial charge on any atom is -0.445 e. The lowest BCUT2D eigenvalue weighted by Crippen LogP contribution is -2.52. The van der Waals surface area contributed by atoms with Gasteiger partial charge in [-0.25, -0.2) is 14.6 Å². The summed E-state index contributed by atoms with van der Waals surface area (Å²) in [4.78, 5) is 77.2. The SMILES string of the molecule is NCCCC[C@H](NC(=O)OCc1ccccc1)C(=O)N[C@@H](CCCCN)C(=O)Nc1ccc(COC(=O)Nc2ccc3nc(C4=N[C@H](C(=O)NCCCN5CCOCC5)CS4)sc3c2)cc1. The van der Waals surface area contributed by atoms with Crippen molar-refractivity contribution < 1.29 is 38.2 Å². The number of amides is 5. The first-order chi connectivity index (χ1) is 32.2. The third-order valence-corrected chi connectivity index (χ3v) is 13.0. The van der Waals surface area contributed by atoms with E-state index in [-0.39, 0.29) is 19.1 Å². The number of carbonyl (C=O) groups excluding carboxylic acids is 5. The number of alkyl carbamates (subject to hydrolysis) is 1. The van der Waals surface area contributed by atoms with Gasteiger partial charge in [-0.1, -0.05) is 42.5 Å². The molecule has 0 aliphatic carbocycles. The number of nitrogens with zero attached hydrogens (tertiary/aromatic N) is 3. The fourth-order valence-electron chi connectivity index (χ4n) is 7.09. The normalized spacial score (nSPS) is 15.8. The summed E-state index contributed by atoms with van der Waals surface area (Å²) in [7, 11) is 0. The summed E-state index contributed by atoms with van der Waals surface area (Å²) in [6, 6.07) is 19.0. The fraction of sp³-hybridized carbons (Fsp3) is 0.457. The van der Waals surface area contributed by atoms with Crippen molar-refractivity contribution in [3.63, 3.8) is 0 Å². The Hall–Kier alpha value is -5.64. The van der Waals surface area contributed by atoms with Crippen LogP contribution in [0.4, 0.5) is 21.0 Å². The summed E-state index contributed by atoms with van der Waals surface area (Å²) in [5.74, 6) is -0.475. The fourth-order valence-corrected chi connectivity index (χ4v) is 9.21. The van der Waals surface area contributed by atoms with E-state index in [1.165, 1.54) is 23.1 Å². The maximum atomic E-state index is 13.6. The van der Waals surface area contributed by atoms with Crippen molar-refractivity contribution in [1.29, 1.82) is 0 Å². The van der Waals surface area contributed by atoms with Crippen molar-refractivity contribution in [2.45, 2.75) is 76.3 Å². The molecule has 1 saturated heterocycles. The molecule has 0 bridgehead atoms. The second kappa shape index (κ2) is 26.5. The lowest BCUT2D eigenvalue weighted by Gasteiger charge is -2.26. The van der Waals surface area contributed by atoms with E-state index in [0.29, 0.717) is 80.9 Å². The van der Waals surface area contributed by atoms with Crippen LogP contribution in [0, 0.1) is 0 Å². The van der Waals surface area contributed by atoms with Crippen molar-refractivity contribution >= 4 is 79.6 Å². The van der Waals surface area contributed by atoms with Crippen molar-refractivity contribution in [3.8, 4) is 0 Å². The number of unbranched alkanes of at least 4 members (excludes halogenated alkanes) is 2. The minimum absolute atomic E-state index is 0.0310. The van der Waals surface area contributed by atoms with Crippen LogP contribution >= 0.6 is 23.1 Å². The molecule has 18 nitrogen and oxygen atoms in total. The molecule has 6 rings (SSSR count). The van der Waals surface area contributed by atoms with Crippen LogP contribution in [0.15, 0.2) is 77.8 Å². The van der Waals surface area contributed by atoms with E-state index < -0.39 is 42.1 Å². The quantitative estimate of drug-likeness (QED) is 0.0470. The second-order valence-electron chi connectivity index (χ2n) is 15.8. The van der Waals surface area contributed by atoms with Gasteiger partial charge in [-0.15, -0.1) is 23.1 Å². The summed E-state index contributed by atoms with van der Waals surface area (Å²) in [6.07, 6.45) is 2.58. The molecule has 2 aliphatic heterocycles. The Labute approximate surface area is 392 Å². The summed E-state index contributed by atoms with van der Waals surface area (Å²) in [6.45, 7) is 5.76. The third kappa shape index (κ3) is 16.1. The maximum absolute atomic E-state index is 13.6. The molecule has 66 heavy (non-hydrogen) atoms. The zero-order valence-corrected chi connectivity index (χ0v) is 38.6. The van der Waals surface area contributed by atoms with E-state index in [1.54, 1.807) is 30.3 Å². The number of anilines is 2. The number of hydrogen-bond donors (Lipinski definition) is 7. The Balaban J connectivity index is 0.956. The number of benzene rings is 3. The van der Waals surface area contributed by atoms with Gasteiger partial charge >= 0.3 is 12.2 Å². The number of hydrogen-bond acceptors (Lipinski definition) is 15. The maximum Gasteiger partial charge on any atom is 0.411 e. The number of nitrogens with two attached hydrogens (primary N) is 2. The highest BCUT2D eigenvalue weighted by atomic mass is 32.2. The zero-order valence-electron chi connectivity index (χ0n) is 37.0. The predicted octanol–water partition coefficient (Wildman–Crippen LogP) is 4.72. The molecule has 1 fully saturated rings. The number of thiazole rings is 1. The van der Waals surface area contributed by atoms with Gasteiger partial charge in [0.05, 0.1) is 23.4 Å². The average Bonchev–Trinajstić information content (AvgIpc) is 4.00. The Morgan fingerprint density at radius 1 is 0.758 bits per heavy atom. The van der Waals surface area contributed by atoms with Gasteiger partial charge in [-0.05, 0) is 106 Å². The number of rotatable bonds is 24. The van der Waals surface area contributed by atoms with Crippen molar-refractivity contribution in [3.05, 3.63) is 88.9 Å². The molecule has 9 N–H and O–H groups in total. The largest absolute Gasteiger partial charge is 0.445 e. The van der Waals surface area contributed by atoms with Gasteiger partial charge in [0.2, 0.25) is 17.7 Å². The Morgan fingerprint density at radius 2 is 1.42 bits per heavy atom. The number of aliphatic imine (C=N–C) groups is 1. The van der Waals surface area contributed by atoms with Crippen molar-refractivity contribution in [1.82, 2.24) is 25.8 Å². The van der Waals surface area contributed by atoms with Gasteiger partial charge in [-0.2, -0.15) is 0 Å². The van der Waals surface area contributed by atoms with Crippen LogP contribution in [-0.4, -0.2) is 121 Å². The summed E-state index contributed by atoms with van der Waals surface area (Å²) in [5.41, 5.74) is 14.6. The Kier molecular flexibility index (Phi) is 20.0. The minimum atomic E-state index is -0.947.